The lowest BCUT2D eigenvalue weighted by molar-refractivity contribution is -0.138. The van der Waals surface area contributed by atoms with Gasteiger partial charge in [0.15, 0.2) is 0 Å². The van der Waals surface area contributed by atoms with Crippen LogP contribution in [0.5, 0.6) is 5.75 Å². The van der Waals surface area contributed by atoms with Gasteiger partial charge < -0.3 is 26.4 Å². The standard InChI is InChI=1S/C11H12N2O3.H2O/c12-9(11(15)16)3-6-5-13-10-2-1-7(14)4-8(6)10;/h1-2,4-5,9,13-14H,3,12H2,(H,15,16);1H2/t9-;/m0./s1. The first-order valence-electron chi connectivity index (χ1n) is 4.85. The number of phenols is 1. The fraction of sp³-hybridized carbons (Fsp3) is 0.182. The van der Waals surface area contributed by atoms with Crippen molar-refractivity contribution in [1.29, 1.82) is 0 Å². The van der Waals surface area contributed by atoms with E-state index in [-0.39, 0.29) is 17.6 Å². The summed E-state index contributed by atoms with van der Waals surface area (Å²) in [6, 6.07) is 3.97. The topological polar surface area (TPSA) is 131 Å². The predicted molar refractivity (Wildman–Crippen MR) is 62.9 cm³/mol. The summed E-state index contributed by atoms with van der Waals surface area (Å²) < 4.78 is 0. The van der Waals surface area contributed by atoms with Crippen LogP contribution in [-0.2, 0) is 11.2 Å². The lowest BCUT2D eigenvalue weighted by Crippen LogP contribution is -2.32. The van der Waals surface area contributed by atoms with Crippen molar-refractivity contribution in [1.82, 2.24) is 4.98 Å². The molecule has 0 aliphatic carbocycles. The van der Waals surface area contributed by atoms with E-state index in [4.69, 9.17) is 10.8 Å². The van der Waals surface area contributed by atoms with Crippen LogP contribution in [0.1, 0.15) is 5.56 Å². The first kappa shape index (κ1) is 13.0. The minimum atomic E-state index is -1.03. The second-order valence-corrected chi connectivity index (χ2v) is 3.69. The average Bonchev–Trinajstić information content (AvgIpc) is 2.61. The second kappa shape index (κ2) is 4.86. The number of fused-ring (bicyclic) bond motifs is 1. The third-order valence-corrected chi connectivity index (χ3v) is 2.51. The Balaban J connectivity index is 0.00000144. The molecule has 1 aromatic carbocycles. The van der Waals surface area contributed by atoms with E-state index in [0.29, 0.717) is 0 Å². The Kier molecular flexibility index (Phi) is 3.72. The van der Waals surface area contributed by atoms with Crippen LogP contribution in [-0.4, -0.2) is 32.7 Å². The number of nitrogens with one attached hydrogen (secondary N) is 1. The molecule has 0 unspecified atom stereocenters. The van der Waals surface area contributed by atoms with Gasteiger partial charge in [-0.1, -0.05) is 0 Å². The maximum atomic E-state index is 10.6. The minimum Gasteiger partial charge on any atom is -0.508 e. The molecule has 1 aromatic heterocycles. The van der Waals surface area contributed by atoms with Crippen molar-refractivity contribution in [3.05, 3.63) is 30.0 Å². The molecular weight excluding hydrogens is 224 g/mol. The van der Waals surface area contributed by atoms with Gasteiger partial charge in [0, 0.05) is 23.5 Å². The van der Waals surface area contributed by atoms with Crippen molar-refractivity contribution >= 4 is 16.9 Å². The number of carbonyl (C=O) groups is 1. The van der Waals surface area contributed by atoms with Crippen molar-refractivity contribution in [2.45, 2.75) is 12.5 Å². The Hall–Kier alpha value is -2.05. The number of aliphatic carboxylic acids is 1. The maximum Gasteiger partial charge on any atom is 0.320 e. The lowest BCUT2D eigenvalue weighted by Gasteiger charge is -2.04. The summed E-state index contributed by atoms with van der Waals surface area (Å²) in [4.78, 5) is 13.6. The number of aromatic amines is 1. The first-order chi connectivity index (χ1) is 7.58. The largest absolute Gasteiger partial charge is 0.508 e. The van der Waals surface area contributed by atoms with Gasteiger partial charge in [-0.3, -0.25) is 4.79 Å². The third-order valence-electron chi connectivity index (χ3n) is 2.51. The zero-order valence-corrected chi connectivity index (χ0v) is 8.97. The first-order valence-corrected chi connectivity index (χ1v) is 4.85. The molecule has 2 aromatic rings. The van der Waals surface area contributed by atoms with Crippen LogP contribution in [0.25, 0.3) is 10.9 Å². The molecule has 0 aliphatic heterocycles. The van der Waals surface area contributed by atoms with Gasteiger partial charge in [0.05, 0.1) is 0 Å². The van der Waals surface area contributed by atoms with E-state index in [1.807, 2.05) is 0 Å². The highest BCUT2D eigenvalue weighted by molar-refractivity contribution is 5.85. The Labute approximate surface area is 97.0 Å². The number of carboxylic acid groups (broad SMARTS) is 1. The quantitative estimate of drug-likeness (QED) is 0.599. The molecule has 1 heterocycles. The van der Waals surface area contributed by atoms with Crippen molar-refractivity contribution in [2.24, 2.45) is 5.73 Å². The molecule has 0 bridgehead atoms. The number of benzene rings is 1. The van der Waals surface area contributed by atoms with Crippen LogP contribution in [0.4, 0.5) is 0 Å². The number of aromatic hydroxyl groups is 1. The van der Waals surface area contributed by atoms with Crippen molar-refractivity contribution < 1.29 is 20.5 Å². The highest BCUT2D eigenvalue weighted by atomic mass is 16.4. The molecule has 6 nitrogen and oxygen atoms in total. The zero-order valence-electron chi connectivity index (χ0n) is 8.97. The Morgan fingerprint density at radius 2 is 2.18 bits per heavy atom. The summed E-state index contributed by atoms with van der Waals surface area (Å²) in [5.41, 5.74) is 7.11. The Morgan fingerprint density at radius 3 is 2.82 bits per heavy atom. The fourth-order valence-corrected chi connectivity index (χ4v) is 1.66. The molecule has 0 saturated carbocycles. The number of phenolic OH excluding ortho intramolecular Hbond substituents is 1. The zero-order chi connectivity index (χ0) is 11.7. The van der Waals surface area contributed by atoms with Crippen LogP contribution in [0, 0.1) is 0 Å². The van der Waals surface area contributed by atoms with Crippen LogP contribution in [0.2, 0.25) is 0 Å². The van der Waals surface area contributed by atoms with Gasteiger partial charge in [-0.25, -0.2) is 0 Å². The van der Waals surface area contributed by atoms with E-state index >= 15 is 0 Å². The van der Waals surface area contributed by atoms with Gasteiger partial charge >= 0.3 is 5.97 Å². The molecule has 0 fully saturated rings. The molecule has 0 amide bonds. The van der Waals surface area contributed by atoms with Gasteiger partial charge in [0.1, 0.15) is 11.8 Å². The van der Waals surface area contributed by atoms with Gasteiger partial charge in [-0.05, 0) is 23.8 Å². The smallest absolute Gasteiger partial charge is 0.320 e. The molecule has 0 saturated heterocycles. The summed E-state index contributed by atoms with van der Waals surface area (Å²) in [5, 5.41) is 18.9. The molecule has 0 radical (unpaired) electrons. The second-order valence-electron chi connectivity index (χ2n) is 3.69. The number of H-pyrrole nitrogens is 1. The molecule has 92 valence electrons. The van der Waals surface area contributed by atoms with Gasteiger partial charge in [-0.2, -0.15) is 0 Å². The number of nitrogens with two attached hydrogens (primary N) is 1. The summed E-state index contributed by atoms with van der Waals surface area (Å²) >= 11 is 0. The molecule has 17 heavy (non-hydrogen) atoms. The van der Waals surface area contributed by atoms with E-state index in [0.717, 1.165) is 16.5 Å². The summed E-state index contributed by atoms with van der Waals surface area (Å²) in [6.45, 7) is 0. The highest BCUT2D eigenvalue weighted by Crippen LogP contribution is 2.23. The number of hydrogen-bond acceptors (Lipinski definition) is 3. The highest BCUT2D eigenvalue weighted by Gasteiger charge is 2.14. The van der Waals surface area contributed by atoms with Gasteiger partial charge in [0.25, 0.3) is 0 Å². The Morgan fingerprint density at radius 1 is 1.47 bits per heavy atom. The molecule has 7 N–H and O–H groups in total. The number of aromatic nitrogens is 1. The summed E-state index contributed by atoms with van der Waals surface area (Å²) in [5.74, 6) is -0.883. The minimum absolute atomic E-state index is 0. The van der Waals surface area contributed by atoms with Crippen molar-refractivity contribution in [3.63, 3.8) is 0 Å². The van der Waals surface area contributed by atoms with Crippen molar-refractivity contribution in [2.75, 3.05) is 0 Å². The van der Waals surface area contributed by atoms with Crippen LogP contribution in [0.3, 0.4) is 0 Å². The molecule has 0 spiro atoms. The van der Waals surface area contributed by atoms with E-state index in [1.165, 1.54) is 0 Å². The molecule has 6 heteroatoms. The SMILES string of the molecule is N[C@@H](Cc1c[nH]c2ccc(O)cc12)C(=O)O.O. The van der Waals surface area contributed by atoms with Crippen LogP contribution >= 0.6 is 0 Å². The fourth-order valence-electron chi connectivity index (χ4n) is 1.66. The monoisotopic (exact) mass is 238 g/mol. The van der Waals surface area contributed by atoms with Crippen LogP contribution < -0.4 is 5.73 Å². The van der Waals surface area contributed by atoms with Crippen LogP contribution in [0.15, 0.2) is 24.4 Å². The number of rotatable bonds is 3. The summed E-state index contributed by atoms with van der Waals surface area (Å²) in [7, 11) is 0. The Bertz CT molecular complexity index is 535. The van der Waals surface area contributed by atoms with Gasteiger partial charge in [-0.15, -0.1) is 0 Å². The van der Waals surface area contributed by atoms with E-state index in [9.17, 15) is 9.90 Å². The maximum absolute atomic E-state index is 10.6. The molecule has 2 rings (SSSR count). The number of carboxylic acids is 1. The van der Waals surface area contributed by atoms with E-state index < -0.39 is 12.0 Å². The molecule has 1 atom stereocenters. The van der Waals surface area contributed by atoms with E-state index in [2.05, 4.69) is 4.98 Å². The lowest BCUT2D eigenvalue weighted by atomic mass is 10.1. The van der Waals surface area contributed by atoms with Gasteiger partial charge in [0.2, 0.25) is 0 Å². The summed E-state index contributed by atoms with van der Waals surface area (Å²) in [6.07, 6.45) is 1.95. The van der Waals surface area contributed by atoms with E-state index in [1.54, 1.807) is 24.4 Å². The molecule has 0 aliphatic rings. The normalized spacial score (nSPS) is 12.1. The van der Waals surface area contributed by atoms with Crippen molar-refractivity contribution in [3.8, 4) is 5.75 Å². The molecular formula is C11H14N2O4. The number of hydrogen-bond donors (Lipinski definition) is 4. The average molecular weight is 238 g/mol. The predicted octanol–water partition coefficient (Wildman–Crippen LogP) is 0.00320. The third kappa shape index (κ3) is 2.55.